The monoisotopic (exact) mass is 664 g/mol. The van der Waals surface area contributed by atoms with Crippen molar-refractivity contribution in [3.05, 3.63) is 23.3 Å². The second-order valence-corrected chi connectivity index (χ2v) is 12.5. The highest BCUT2D eigenvalue weighted by Crippen LogP contribution is 2.45. The van der Waals surface area contributed by atoms with Crippen molar-refractivity contribution in [2.75, 3.05) is 29.1 Å². The minimum atomic E-state index is -1.79. The van der Waals surface area contributed by atoms with Gasteiger partial charge in [0.1, 0.15) is 0 Å². The van der Waals surface area contributed by atoms with Gasteiger partial charge in [0.05, 0.1) is 30.0 Å². The summed E-state index contributed by atoms with van der Waals surface area (Å²) in [5, 5.41) is 30.0. The number of rotatable bonds is 13. The van der Waals surface area contributed by atoms with Gasteiger partial charge in [-0.15, -0.1) is 21.1 Å². The summed E-state index contributed by atoms with van der Waals surface area (Å²) < 4.78 is 7.07. The Bertz CT molecular complexity index is 1610. The van der Waals surface area contributed by atoms with Crippen LogP contribution in [-0.4, -0.2) is 82.7 Å². The Hall–Kier alpha value is -4.72. The fraction of sp³-hybridized carbons (Fsp3) is 0.480. The number of carbonyl (C=O) groups excluding carboxylic acids is 4. The molecule has 3 amide bonds. The normalized spacial score (nSPS) is 18.3. The predicted molar refractivity (Wildman–Crippen MR) is 159 cm³/mol. The number of nitrogen functional groups attached to an aromatic ring is 2. The number of oxime groups is 1. The van der Waals surface area contributed by atoms with Crippen molar-refractivity contribution in [1.82, 2.24) is 24.3 Å². The van der Waals surface area contributed by atoms with Gasteiger partial charge < -0.3 is 36.6 Å². The number of carbonyl (C=O) groups is 5. The molecule has 0 unspecified atom stereocenters. The molecule has 0 aromatic carbocycles. The third kappa shape index (κ3) is 6.85. The highest BCUT2D eigenvalue weighted by molar-refractivity contribution is 8.00. The number of nitrogens with two attached hydrogens (primary N) is 2. The first-order valence-corrected chi connectivity index (χ1v) is 15.4. The molecule has 0 saturated carbocycles. The molecule has 0 spiro atoms. The number of anilines is 3. The van der Waals surface area contributed by atoms with Crippen molar-refractivity contribution in [3.8, 4) is 0 Å². The van der Waals surface area contributed by atoms with Crippen molar-refractivity contribution in [2.45, 2.75) is 51.1 Å². The average Bonchev–Trinajstić information content (AvgIpc) is 3.52. The standard InChI is InChI=1S/C25H32N10O8S2/c1-5-6-28-24(42)29-13-9-34(33(4)17(13)26)8-11-10-44-20-12(19(37)35(20)16(11)21(38)39)7-14(36)15(18-30-23(27)45-32-18)31-43-25(2,3)22(40)41/h9,12,20,26H,5-8,10H2,1-4H3,(H6,27,28,29,30,32,38,39,40,41,42)/b31-15+/t12-,20-/m1/s1. The zero-order chi connectivity index (χ0) is 33.2. The second-order valence-electron chi connectivity index (χ2n) is 10.6. The van der Waals surface area contributed by atoms with E-state index in [1.165, 1.54) is 30.3 Å². The zero-order valence-corrected chi connectivity index (χ0v) is 26.4. The van der Waals surface area contributed by atoms with Gasteiger partial charge in [0.15, 0.2) is 34.7 Å². The minimum absolute atomic E-state index is 0.0137. The number of fused-ring (bicyclic) bond motifs is 1. The van der Waals surface area contributed by atoms with E-state index in [0.29, 0.717) is 17.8 Å². The number of ketones is 1. The topological polar surface area (TPSA) is 264 Å². The highest BCUT2D eigenvalue weighted by Gasteiger charge is 2.53. The van der Waals surface area contributed by atoms with Crippen LogP contribution in [0.1, 0.15) is 39.4 Å². The van der Waals surface area contributed by atoms with Gasteiger partial charge in [-0.25, -0.2) is 9.59 Å². The van der Waals surface area contributed by atoms with Crippen LogP contribution in [0, 0.1) is 5.92 Å². The summed E-state index contributed by atoms with van der Waals surface area (Å²) in [4.78, 5) is 72.6. The largest absolute Gasteiger partial charge is 0.543 e. The number of aromatic nitrogens is 4. The lowest BCUT2D eigenvalue weighted by atomic mass is 9.89. The van der Waals surface area contributed by atoms with Gasteiger partial charge in [-0.1, -0.05) is 12.1 Å². The molecule has 4 rings (SSSR count). The molecule has 45 heavy (non-hydrogen) atoms. The molecule has 2 atom stereocenters. The molecule has 7 N–H and O–H groups in total. The molecule has 242 valence electrons. The van der Waals surface area contributed by atoms with Gasteiger partial charge >= 0.3 is 12.0 Å². The third-order valence-corrected chi connectivity index (χ3v) is 8.92. The van der Waals surface area contributed by atoms with Crippen LogP contribution in [0.2, 0.25) is 0 Å². The van der Waals surface area contributed by atoms with Crippen LogP contribution in [0.4, 0.5) is 21.4 Å². The van der Waals surface area contributed by atoms with E-state index >= 15 is 0 Å². The number of carboxylic acids is 2. The maximum Gasteiger partial charge on any atom is 0.350 e. The number of thioether (sulfide) groups is 1. The molecule has 1 saturated heterocycles. The van der Waals surface area contributed by atoms with Gasteiger partial charge in [0.25, 0.3) is 0 Å². The molecular formula is C25H32N10O8S2. The zero-order valence-electron chi connectivity index (χ0n) is 24.7. The predicted octanol–water partition coefficient (Wildman–Crippen LogP) is -1.36. The van der Waals surface area contributed by atoms with E-state index in [4.69, 9.17) is 16.3 Å². The molecule has 2 aromatic rings. The molecular weight excluding hydrogens is 632 g/mol. The van der Waals surface area contributed by atoms with E-state index in [9.17, 15) is 34.2 Å². The number of β-lactam (4-membered cyclic amide) rings is 1. The summed E-state index contributed by atoms with van der Waals surface area (Å²) in [7, 11) is 1.63. The quantitative estimate of drug-likeness (QED) is 0.0718. The number of carboxylic acid groups (broad SMARTS) is 2. The lowest BCUT2D eigenvalue weighted by Gasteiger charge is -2.50. The van der Waals surface area contributed by atoms with E-state index in [-0.39, 0.29) is 34.8 Å². The summed E-state index contributed by atoms with van der Waals surface area (Å²) in [6, 6.07) is -0.446. The number of amides is 3. The van der Waals surface area contributed by atoms with Crippen LogP contribution in [0.5, 0.6) is 0 Å². The minimum Gasteiger partial charge on any atom is -0.543 e. The van der Waals surface area contributed by atoms with Crippen molar-refractivity contribution >= 4 is 75.3 Å². The van der Waals surface area contributed by atoms with E-state index < -0.39 is 58.7 Å². The van der Waals surface area contributed by atoms with Crippen LogP contribution in [0.25, 0.3) is 0 Å². The van der Waals surface area contributed by atoms with E-state index in [2.05, 4.69) is 25.1 Å². The molecule has 0 bridgehead atoms. The summed E-state index contributed by atoms with van der Waals surface area (Å²) in [6.45, 7) is 4.85. The molecule has 0 radical (unpaired) electrons. The number of Topliss-reactive ketones (excluding diaryl/α,β-unsaturated/α-hetero) is 1. The molecule has 4 heterocycles. The lowest BCUT2D eigenvalue weighted by Crippen LogP contribution is -2.63. The van der Waals surface area contributed by atoms with Gasteiger partial charge in [-0.05, 0) is 20.3 Å². The Labute approximate surface area is 264 Å². The van der Waals surface area contributed by atoms with Crippen LogP contribution < -0.4 is 31.9 Å². The fourth-order valence-corrected chi connectivity index (χ4v) is 6.27. The Morgan fingerprint density at radius 1 is 1.31 bits per heavy atom. The number of nitrogens with zero attached hydrogens (tertiary/aromatic N) is 6. The summed E-state index contributed by atoms with van der Waals surface area (Å²) in [5.74, 6) is -4.98. The van der Waals surface area contributed by atoms with E-state index in [0.717, 1.165) is 22.9 Å². The third-order valence-electron chi connectivity index (χ3n) is 6.98. The first-order valence-electron chi connectivity index (χ1n) is 13.6. The summed E-state index contributed by atoms with van der Waals surface area (Å²) in [6.07, 6.45) is 1.88. The average molecular weight is 665 g/mol. The molecule has 2 aliphatic heterocycles. The van der Waals surface area contributed by atoms with E-state index in [1.54, 1.807) is 17.9 Å². The van der Waals surface area contributed by atoms with Crippen LogP contribution in [0.3, 0.4) is 0 Å². The molecule has 0 aliphatic carbocycles. The molecule has 1 fully saturated rings. The van der Waals surface area contributed by atoms with Crippen molar-refractivity contribution in [2.24, 2.45) is 18.1 Å². The first-order chi connectivity index (χ1) is 21.2. The summed E-state index contributed by atoms with van der Waals surface area (Å²) >= 11 is 2.04. The van der Waals surface area contributed by atoms with Gasteiger partial charge in [0, 0.05) is 35.8 Å². The number of hydrogen-bond donors (Lipinski definition) is 5. The van der Waals surface area contributed by atoms with Crippen LogP contribution >= 0.6 is 23.3 Å². The fourth-order valence-electron chi connectivity index (χ4n) is 4.43. The van der Waals surface area contributed by atoms with E-state index in [1.807, 2.05) is 6.92 Å². The number of aliphatic carboxylic acids is 2. The Morgan fingerprint density at radius 3 is 2.62 bits per heavy atom. The molecule has 2 aromatic heterocycles. The Morgan fingerprint density at radius 2 is 2.02 bits per heavy atom. The lowest BCUT2D eigenvalue weighted by molar-refractivity contribution is -0.765. The SMILES string of the molecule is CCCNC(=O)Nc1c[n+](CC2=C(C(=O)[O-])N3C(=O)[C@@H](CC(=O)/C(=N\OC(C)(C)C(=O)O)c4nsc(N)n4)[C@H]3SC2)n(C)c1N. The summed E-state index contributed by atoms with van der Waals surface area (Å²) in [5.41, 5.74) is 9.93. The Kier molecular flexibility index (Phi) is 9.66. The molecule has 18 nitrogen and oxygen atoms in total. The van der Waals surface area contributed by atoms with Crippen molar-refractivity contribution < 1.29 is 43.7 Å². The van der Waals surface area contributed by atoms with Crippen molar-refractivity contribution in [1.29, 1.82) is 0 Å². The maximum atomic E-state index is 13.3. The number of hydrogen-bond acceptors (Lipinski definition) is 14. The number of nitrogens with one attached hydrogen (secondary N) is 2. The maximum absolute atomic E-state index is 13.3. The highest BCUT2D eigenvalue weighted by atomic mass is 32.2. The Balaban J connectivity index is 1.54. The molecule has 20 heteroatoms. The van der Waals surface area contributed by atoms with Crippen molar-refractivity contribution in [3.63, 3.8) is 0 Å². The molecule has 2 aliphatic rings. The van der Waals surface area contributed by atoms with Crippen LogP contribution in [0.15, 0.2) is 22.6 Å². The number of urea groups is 1. The van der Waals surface area contributed by atoms with Gasteiger partial charge in [0.2, 0.25) is 23.5 Å². The first kappa shape index (κ1) is 33.2. The van der Waals surface area contributed by atoms with Gasteiger partial charge in [-0.2, -0.15) is 9.36 Å². The second kappa shape index (κ2) is 13.1. The van der Waals surface area contributed by atoms with Crippen LogP contribution in [-0.2, 0) is 37.6 Å². The van der Waals surface area contributed by atoms with Gasteiger partial charge in [-0.3, -0.25) is 19.8 Å². The smallest absolute Gasteiger partial charge is 0.350 e.